The highest BCUT2D eigenvalue weighted by Gasteiger charge is 2.27. The predicted octanol–water partition coefficient (Wildman–Crippen LogP) is 2.75. The molecule has 0 aliphatic rings. The third-order valence-corrected chi connectivity index (χ3v) is 3.26. The van der Waals surface area contributed by atoms with Crippen LogP contribution in [0.15, 0.2) is 0 Å². The van der Waals surface area contributed by atoms with E-state index in [2.05, 4.69) is 22.1 Å². The van der Waals surface area contributed by atoms with E-state index >= 15 is 0 Å². The number of alkyl halides is 3. The van der Waals surface area contributed by atoms with E-state index in [0.717, 1.165) is 23.4 Å². The number of ether oxygens (including phenoxy) is 1. The van der Waals surface area contributed by atoms with E-state index in [1.807, 2.05) is 20.9 Å². The average Bonchev–Trinajstić information content (AvgIpc) is 2.63. The smallest absolute Gasteiger partial charge is 0.370 e. The maximum absolute atomic E-state index is 12.0. The van der Waals surface area contributed by atoms with Crippen molar-refractivity contribution >= 4 is 0 Å². The van der Waals surface area contributed by atoms with E-state index in [4.69, 9.17) is 0 Å². The molecule has 1 rings (SSSR count). The molecule has 0 spiro atoms. The van der Waals surface area contributed by atoms with Gasteiger partial charge in [0, 0.05) is 17.3 Å². The van der Waals surface area contributed by atoms with Gasteiger partial charge in [-0.2, -0.15) is 18.3 Å². The lowest BCUT2D eigenvalue weighted by molar-refractivity contribution is -0.174. The molecule has 0 amide bonds. The number of nitrogens with zero attached hydrogens (tertiary/aromatic N) is 2. The SMILES string of the molecule is CCC(NC)c1c(C)nn(CCOCC(F)(F)F)c1C. The van der Waals surface area contributed by atoms with Crippen LogP contribution >= 0.6 is 0 Å². The minimum absolute atomic E-state index is 0.00272. The fourth-order valence-electron chi connectivity index (χ4n) is 2.32. The van der Waals surface area contributed by atoms with Crippen molar-refractivity contribution in [1.82, 2.24) is 15.1 Å². The lowest BCUT2D eigenvalue weighted by atomic mass is 10.0. The molecule has 1 aromatic heterocycles. The molecule has 0 saturated carbocycles. The highest BCUT2D eigenvalue weighted by molar-refractivity contribution is 5.28. The van der Waals surface area contributed by atoms with Crippen molar-refractivity contribution in [3.63, 3.8) is 0 Å². The third kappa shape index (κ3) is 4.49. The molecule has 20 heavy (non-hydrogen) atoms. The molecule has 0 bridgehead atoms. The van der Waals surface area contributed by atoms with E-state index in [-0.39, 0.29) is 12.6 Å². The second-order valence-electron chi connectivity index (χ2n) is 4.72. The molecule has 1 aromatic rings. The molecule has 1 atom stereocenters. The Morgan fingerprint density at radius 1 is 1.35 bits per heavy atom. The number of halogens is 3. The van der Waals surface area contributed by atoms with Crippen molar-refractivity contribution in [3.05, 3.63) is 17.0 Å². The molecular weight excluding hydrogens is 271 g/mol. The van der Waals surface area contributed by atoms with Crippen LogP contribution in [0.5, 0.6) is 0 Å². The maximum atomic E-state index is 12.0. The van der Waals surface area contributed by atoms with Crippen LogP contribution in [0.25, 0.3) is 0 Å². The number of aryl methyl sites for hydroxylation is 1. The number of hydrogen-bond donors (Lipinski definition) is 1. The molecule has 1 unspecified atom stereocenters. The van der Waals surface area contributed by atoms with Crippen LogP contribution in [0.4, 0.5) is 13.2 Å². The summed E-state index contributed by atoms with van der Waals surface area (Å²) in [5.74, 6) is 0. The number of aromatic nitrogens is 2. The molecule has 0 radical (unpaired) electrons. The van der Waals surface area contributed by atoms with Crippen molar-refractivity contribution in [2.45, 2.75) is 46.0 Å². The molecule has 0 aliphatic heterocycles. The Morgan fingerprint density at radius 3 is 2.50 bits per heavy atom. The van der Waals surface area contributed by atoms with Crippen LogP contribution in [0, 0.1) is 13.8 Å². The summed E-state index contributed by atoms with van der Waals surface area (Å²) >= 11 is 0. The quantitative estimate of drug-likeness (QED) is 0.786. The Balaban J connectivity index is 2.66. The van der Waals surface area contributed by atoms with Crippen LogP contribution in [0.2, 0.25) is 0 Å². The van der Waals surface area contributed by atoms with Gasteiger partial charge in [0.25, 0.3) is 0 Å². The minimum atomic E-state index is -4.28. The van der Waals surface area contributed by atoms with Crippen molar-refractivity contribution in [1.29, 1.82) is 0 Å². The molecule has 0 aromatic carbocycles. The van der Waals surface area contributed by atoms with E-state index in [1.54, 1.807) is 4.68 Å². The van der Waals surface area contributed by atoms with Crippen molar-refractivity contribution < 1.29 is 17.9 Å². The minimum Gasteiger partial charge on any atom is -0.370 e. The number of hydrogen-bond acceptors (Lipinski definition) is 3. The summed E-state index contributed by atoms with van der Waals surface area (Å²) in [6.45, 7) is 5.02. The molecule has 4 nitrogen and oxygen atoms in total. The summed E-state index contributed by atoms with van der Waals surface area (Å²) in [6, 6.07) is 0.208. The van der Waals surface area contributed by atoms with Gasteiger partial charge in [0.05, 0.1) is 18.8 Å². The van der Waals surface area contributed by atoms with Gasteiger partial charge in [-0.3, -0.25) is 4.68 Å². The van der Waals surface area contributed by atoms with Gasteiger partial charge in [0.2, 0.25) is 0 Å². The average molecular weight is 293 g/mol. The Morgan fingerprint density at radius 2 is 2.00 bits per heavy atom. The van der Waals surface area contributed by atoms with Crippen molar-refractivity contribution in [2.75, 3.05) is 20.3 Å². The van der Waals surface area contributed by atoms with Crippen LogP contribution in [-0.4, -0.2) is 36.2 Å². The summed E-state index contributed by atoms with van der Waals surface area (Å²) in [4.78, 5) is 0. The zero-order chi connectivity index (χ0) is 15.3. The zero-order valence-corrected chi connectivity index (χ0v) is 12.3. The number of rotatable bonds is 7. The van der Waals surface area contributed by atoms with Crippen LogP contribution in [-0.2, 0) is 11.3 Å². The summed E-state index contributed by atoms with van der Waals surface area (Å²) in [7, 11) is 1.89. The van der Waals surface area contributed by atoms with Gasteiger partial charge >= 0.3 is 6.18 Å². The first-order valence-electron chi connectivity index (χ1n) is 6.65. The van der Waals surface area contributed by atoms with Crippen LogP contribution < -0.4 is 5.32 Å². The largest absolute Gasteiger partial charge is 0.411 e. The van der Waals surface area contributed by atoms with E-state index in [1.165, 1.54) is 0 Å². The summed E-state index contributed by atoms with van der Waals surface area (Å²) in [6.07, 6.45) is -3.35. The zero-order valence-electron chi connectivity index (χ0n) is 12.3. The first-order chi connectivity index (χ1) is 9.30. The maximum Gasteiger partial charge on any atom is 0.411 e. The normalized spacial score (nSPS) is 13.8. The van der Waals surface area contributed by atoms with Gasteiger partial charge in [0.15, 0.2) is 0 Å². The molecule has 0 aliphatic carbocycles. The molecule has 116 valence electrons. The first-order valence-corrected chi connectivity index (χ1v) is 6.65. The molecule has 0 saturated heterocycles. The van der Waals surface area contributed by atoms with Crippen LogP contribution in [0.3, 0.4) is 0 Å². The van der Waals surface area contributed by atoms with Gasteiger partial charge in [-0.1, -0.05) is 6.92 Å². The topological polar surface area (TPSA) is 39.1 Å². The second-order valence-corrected chi connectivity index (χ2v) is 4.72. The Bertz CT molecular complexity index is 425. The Hall–Kier alpha value is -1.08. The van der Waals surface area contributed by atoms with Gasteiger partial charge < -0.3 is 10.1 Å². The lowest BCUT2D eigenvalue weighted by Gasteiger charge is -2.15. The van der Waals surface area contributed by atoms with Gasteiger partial charge in [-0.15, -0.1) is 0 Å². The summed E-state index contributed by atoms with van der Waals surface area (Å²) < 4.78 is 42.2. The summed E-state index contributed by atoms with van der Waals surface area (Å²) in [5.41, 5.74) is 2.99. The molecular formula is C13H22F3N3O. The van der Waals surface area contributed by atoms with Gasteiger partial charge in [-0.25, -0.2) is 0 Å². The molecule has 1 heterocycles. The van der Waals surface area contributed by atoms with Gasteiger partial charge in [0.1, 0.15) is 6.61 Å². The van der Waals surface area contributed by atoms with Gasteiger partial charge in [-0.05, 0) is 27.3 Å². The standard InChI is InChI=1S/C13H22F3N3O/c1-5-11(17-4)12-9(2)18-19(10(12)3)6-7-20-8-13(14,15)16/h11,17H,5-8H2,1-4H3. The highest BCUT2D eigenvalue weighted by Crippen LogP contribution is 2.23. The Kier molecular flexibility index (Phi) is 6.01. The highest BCUT2D eigenvalue weighted by atomic mass is 19.4. The monoisotopic (exact) mass is 293 g/mol. The first kappa shape index (κ1) is 17.0. The third-order valence-electron chi connectivity index (χ3n) is 3.26. The van der Waals surface area contributed by atoms with Crippen molar-refractivity contribution in [2.24, 2.45) is 0 Å². The fraction of sp³-hybridized carbons (Fsp3) is 0.769. The molecule has 0 fully saturated rings. The van der Waals surface area contributed by atoms with E-state index < -0.39 is 12.8 Å². The number of nitrogens with one attached hydrogen (secondary N) is 1. The predicted molar refractivity (Wildman–Crippen MR) is 70.7 cm³/mol. The second kappa shape index (κ2) is 7.08. The summed E-state index contributed by atoms with van der Waals surface area (Å²) in [5, 5.41) is 7.59. The van der Waals surface area contributed by atoms with E-state index in [9.17, 15) is 13.2 Å². The lowest BCUT2D eigenvalue weighted by Crippen LogP contribution is -2.20. The van der Waals surface area contributed by atoms with Crippen molar-refractivity contribution in [3.8, 4) is 0 Å². The van der Waals surface area contributed by atoms with E-state index in [0.29, 0.717) is 6.54 Å². The Labute approximate surface area is 117 Å². The van der Waals surface area contributed by atoms with Crippen LogP contribution in [0.1, 0.15) is 36.3 Å². The fourth-order valence-corrected chi connectivity index (χ4v) is 2.32. The molecule has 7 heteroatoms. The molecule has 1 N–H and O–H groups in total.